The molecule has 19 heavy (non-hydrogen) atoms. The zero-order chi connectivity index (χ0) is 14.7. The van der Waals surface area contributed by atoms with Crippen molar-refractivity contribution in [3.05, 3.63) is 29.6 Å². The van der Waals surface area contributed by atoms with Gasteiger partial charge in [0, 0.05) is 24.4 Å². The lowest BCUT2D eigenvalue weighted by molar-refractivity contribution is -0.137. The van der Waals surface area contributed by atoms with Gasteiger partial charge in [0.05, 0.1) is 5.56 Å². The fraction of sp³-hybridized carbons (Fsp3) is 0.643. The molecule has 1 heterocycles. The molecule has 0 amide bonds. The molecule has 1 N–H and O–H groups in total. The highest BCUT2D eigenvalue weighted by Gasteiger charge is 2.31. The molecule has 1 atom stereocenters. The third-order valence-electron chi connectivity index (χ3n) is 3.05. The smallest absolute Gasteiger partial charge is 0.313 e. The fourth-order valence-electron chi connectivity index (χ4n) is 1.91. The van der Waals surface area contributed by atoms with E-state index in [1.54, 1.807) is 0 Å². The lowest BCUT2D eigenvalue weighted by atomic mass is 9.84. The summed E-state index contributed by atoms with van der Waals surface area (Å²) in [6.45, 7) is 8.95. The molecule has 0 aromatic carbocycles. The van der Waals surface area contributed by atoms with E-state index in [0.29, 0.717) is 12.1 Å². The van der Waals surface area contributed by atoms with Crippen LogP contribution in [-0.4, -0.2) is 17.6 Å². The van der Waals surface area contributed by atoms with Crippen LogP contribution in [-0.2, 0) is 12.6 Å². The van der Waals surface area contributed by atoms with Crippen LogP contribution in [0, 0.1) is 5.41 Å². The first-order valence-corrected chi connectivity index (χ1v) is 6.40. The Morgan fingerprint density at radius 3 is 2.37 bits per heavy atom. The Morgan fingerprint density at radius 1 is 1.26 bits per heavy atom. The van der Waals surface area contributed by atoms with Crippen molar-refractivity contribution in [2.45, 2.75) is 46.3 Å². The van der Waals surface area contributed by atoms with Crippen LogP contribution >= 0.6 is 0 Å². The van der Waals surface area contributed by atoms with Gasteiger partial charge >= 0.3 is 6.18 Å². The summed E-state index contributed by atoms with van der Waals surface area (Å²) in [5.74, 6) is 0. The summed E-state index contributed by atoms with van der Waals surface area (Å²) in [5.41, 5.74) is -0.205. The van der Waals surface area contributed by atoms with Gasteiger partial charge in [0.25, 0.3) is 0 Å². The zero-order valence-corrected chi connectivity index (χ0v) is 11.8. The van der Waals surface area contributed by atoms with Crippen LogP contribution in [0.1, 0.15) is 39.0 Å². The van der Waals surface area contributed by atoms with E-state index in [0.717, 1.165) is 18.7 Å². The standard InChI is InChI=1S/C14H21F3N2/c1-5-18-12(13(2,3)4)9-11-8-10(6-7-19-11)14(15,16)17/h6-8,12,18H,5,9H2,1-4H3. The van der Waals surface area contributed by atoms with Gasteiger partial charge < -0.3 is 5.32 Å². The third-order valence-corrected chi connectivity index (χ3v) is 3.05. The average molecular weight is 274 g/mol. The first-order chi connectivity index (χ1) is 8.64. The first kappa shape index (κ1) is 16.0. The molecule has 2 nitrogen and oxygen atoms in total. The van der Waals surface area contributed by atoms with E-state index in [1.165, 1.54) is 6.20 Å². The molecule has 1 unspecified atom stereocenters. The SMILES string of the molecule is CCNC(Cc1cc(C(F)(F)F)ccn1)C(C)(C)C. The molecular formula is C14H21F3N2. The third kappa shape index (κ3) is 4.82. The minimum atomic E-state index is -4.31. The number of alkyl halides is 3. The summed E-state index contributed by atoms with van der Waals surface area (Å²) >= 11 is 0. The van der Waals surface area contributed by atoms with Crippen LogP contribution in [0.5, 0.6) is 0 Å². The van der Waals surface area contributed by atoms with Crippen LogP contribution in [0.4, 0.5) is 13.2 Å². The molecule has 1 aromatic heterocycles. The Balaban J connectivity index is 2.91. The maximum Gasteiger partial charge on any atom is 0.416 e. The van der Waals surface area contributed by atoms with E-state index in [1.807, 2.05) is 6.92 Å². The van der Waals surface area contributed by atoms with Gasteiger partial charge in [-0.2, -0.15) is 13.2 Å². The predicted octanol–water partition coefficient (Wildman–Crippen LogP) is 3.67. The van der Waals surface area contributed by atoms with E-state index in [2.05, 4.69) is 31.1 Å². The average Bonchev–Trinajstić information content (AvgIpc) is 2.26. The molecule has 1 aromatic rings. The normalized spacial score (nSPS) is 14.5. The van der Waals surface area contributed by atoms with Crippen molar-refractivity contribution in [1.29, 1.82) is 0 Å². The van der Waals surface area contributed by atoms with Crippen molar-refractivity contribution < 1.29 is 13.2 Å². The Labute approximate surface area is 112 Å². The highest BCUT2D eigenvalue weighted by Crippen LogP contribution is 2.30. The van der Waals surface area contributed by atoms with Crippen molar-refractivity contribution in [3.63, 3.8) is 0 Å². The van der Waals surface area contributed by atoms with Gasteiger partial charge in [-0.05, 0) is 24.1 Å². The quantitative estimate of drug-likeness (QED) is 0.906. The number of aromatic nitrogens is 1. The number of hydrogen-bond acceptors (Lipinski definition) is 2. The van der Waals surface area contributed by atoms with E-state index in [-0.39, 0.29) is 11.5 Å². The molecule has 0 radical (unpaired) electrons. The van der Waals surface area contributed by atoms with Crippen LogP contribution < -0.4 is 5.32 Å². The number of pyridine rings is 1. The van der Waals surface area contributed by atoms with Crippen LogP contribution in [0.15, 0.2) is 18.3 Å². The molecule has 108 valence electrons. The molecule has 0 saturated carbocycles. The molecule has 5 heteroatoms. The van der Waals surface area contributed by atoms with Gasteiger partial charge in [0.2, 0.25) is 0 Å². The van der Waals surface area contributed by atoms with Crippen LogP contribution in [0.25, 0.3) is 0 Å². The number of likely N-dealkylation sites (N-methyl/N-ethyl adjacent to an activating group) is 1. The molecule has 0 aliphatic heterocycles. The number of hydrogen-bond donors (Lipinski definition) is 1. The summed E-state index contributed by atoms with van der Waals surface area (Å²) in [6.07, 6.45) is -2.60. The monoisotopic (exact) mass is 274 g/mol. The van der Waals surface area contributed by atoms with Crippen molar-refractivity contribution in [1.82, 2.24) is 10.3 Å². The summed E-state index contributed by atoms with van der Waals surface area (Å²) in [6, 6.07) is 2.23. The van der Waals surface area contributed by atoms with Crippen molar-refractivity contribution in [2.24, 2.45) is 5.41 Å². The zero-order valence-electron chi connectivity index (χ0n) is 11.8. The van der Waals surface area contributed by atoms with E-state index < -0.39 is 11.7 Å². The van der Waals surface area contributed by atoms with Gasteiger partial charge in [0.1, 0.15) is 0 Å². The highest BCUT2D eigenvalue weighted by molar-refractivity contribution is 5.20. The molecule has 0 fully saturated rings. The summed E-state index contributed by atoms with van der Waals surface area (Å²) in [7, 11) is 0. The van der Waals surface area contributed by atoms with E-state index in [4.69, 9.17) is 0 Å². The summed E-state index contributed by atoms with van der Waals surface area (Å²) in [5, 5.41) is 3.31. The molecule has 0 saturated heterocycles. The Bertz CT molecular complexity index is 408. The Morgan fingerprint density at radius 2 is 1.89 bits per heavy atom. The maximum absolute atomic E-state index is 12.6. The van der Waals surface area contributed by atoms with Gasteiger partial charge in [-0.25, -0.2) is 0 Å². The number of nitrogens with zero attached hydrogens (tertiary/aromatic N) is 1. The largest absolute Gasteiger partial charge is 0.416 e. The molecular weight excluding hydrogens is 253 g/mol. The number of halogens is 3. The fourth-order valence-corrected chi connectivity index (χ4v) is 1.91. The number of nitrogens with one attached hydrogen (secondary N) is 1. The van der Waals surface area contributed by atoms with Crippen molar-refractivity contribution in [2.75, 3.05) is 6.54 Å². The Kier molecular flexibility index (Phi) is 4.96. The van der Waals surface area contributed by atoms with E-state index in [9.17, 15) is 13.2 Å². The van der Waals surface area contributed by atoms with Crippen molar-refractivity contribution >= 4 is 0 Å². The lowest BCUT2D eigenvalue weighted by Gasteiger charge is -2.31. The minimum Gasteiger partial charge on any atom is -0.313 e. The second kappa shape index (κ2) is 5.90. The summed E-state index contributed by atoms with van der Waals surface area (Å²) in [4.78, 5) is 4.05. The lowest BCUT2D eigenvalue weighted by Crippen LogP contribution is -2.42. The predicted molar refractivity (Wildman–Crippen MR) is 69.9 cm³/mol. The molecule has 0 aliphatic carbocycles. The highest BCUT2D eigenvalue weighted by atomic mass is 19.4. The maximum atomic E-state index is 12.6. The van der Waals surface area contributed by atoms with Gasteiger partial charge in [0.15, 0.2) is 0 Å². The van der Waals surface area contributed by atoms with Gasteiger partial charge in [-0.3, -0.25) is 4.98 Å². The van der Waals surface area contributed by atoms with Crippen molar-refractivity contribution in [3.8, 4) is 0 Å². The number of rotatable bonds is 4. The molecule has 0 bridgehead atoms. The second-order valence-electron chi connectivity index (χ2n) is 5.71. The second-order valence-corrected chi connectivity index (χ2v) is 5.71. The molecule has 0 spiro atoms. The first-order valence-electron chi connectivity index (χ1n) is 6.40. The summed E-state index contributed by atoms with van der Waals surface area (Å²) < 4.78 is 37.9. The molecule has 0 aliphatic rings. The minimum absolute atomic E-state index is 0.0358. The van der Waals surface area contributed by atoms with Crippen LogP contribution in [0.3, 0.4) is 0 Å². The van der Waals surface area contributed by atoms with Gasteiger partial charge in [-0.15, -0.1) is 0 Å². The topological polar surface area (TPSA) is 24.9 Å². The molecule has 1 rings (SSSR count). The van der Waals surface area contributed by atoms with E-state index >= 15 is 0 Å². The van der Waals surface area contributed by atoms with Gasteiger partial charge in [-0.1, -0.05) is 27.7 Å². The Hall–Kier alpha value is -1.10. The van der Waals surface area contributed by atoms with Crippen LogP contribution in [0.2, 0.25) is 0 Å².